The first kappa shape index (κ1) is 12.6. The van der Waals surface area contributed by atoms with Crippen LogP contribution < -0.4 is 5.73 Å². The van der Waals surface area contributed by atoms with Crippen molar-refractivity contribution in [2.24, 2.45) is 5.73 Å². The average molecular weight is 234 g/mol. The highest BCUT2D eigenvalue weighted by molar-refractivity contribution is 5.29. The molecule has 1 aromatic carbocycles. The number of hydrogen-bond donors (Lipinski definition) is 2. The standard InChI is InChI=1S/C14H22N2O/c15-14(11-17)13-7-3-2-6-12(13)10-16-8-4-1-5-9-16/h2-3,6-7,14,17H,1,4-5,8-11,15H2. The quantitative estimate of drug-likeness (QED) is 0.833. The van der Waals surface area contributed by atoms with Gasteiger partial charge in [0.1, 0.15) is 0 Å². The molecule has 1 aromatic rings. The second kappa shape index (κ2) is 6.15. The van der Waals surface area contributed by atoms with Crippen LogP contribution in [0.1, 0.15) is 36.4 Å². The average Bonchev–Trinajstić information content (AvgIpc) is 2.40. The lowest BCUT2D eigenvalue weighted by Crippen LogP contribution is -2.30. The molecular weight excluding hydrogens is 212 g/mol. The summed E-state index contributed by atoms with van der Waals surface area (Å²) in [5, 5.41) is 9.18. The van der Waals surface area contributed by atoms with Gasteiger partial charge in [-0.3, -0.25) is 4.90 Å². The second-order valence-electron chi connectivity index (χ2n) is 4.82. The van der Waals surface area contributed by atoms with Crippen LogP contribution in [0.5, 0.6) is 0 Å². The highest BCUT2D eigenvalue weighted by Gasteiger charge is 2.14. The van der Waals surface area contributed by atoms with E-state index < -0.39 is 0 Å². The third-order valence-electron chi connectivity index (χ3n) is 3.49. The van der Waals surface area contributed by atoms with Crippen LogP contribution in [0.4, 0.5) is 0 Å². The Hall–Kier alpha value is -0.900. The van der Waals surface area contributed by atoms with E-state index in [1.54, 1.807) is 0 Å². The lowest BCUT2D eigenvalue weighted by Gasteiger charge is -2.28. The van der Waals surface area contributed by atoms with Crippen LogP contribution >= 0.6 is 0 Å². The molecule has 1 saturated heterocycles. The van der Waals surface area contributed by atoms with E-state index in [9.17, 15) is 5.11 Å². The Kier molecular flexibility index (Phi) is 4.54. The number of benzene rings is 1. The van der Waals surface area contributed by atoms with Gasteiger partial charge in [0.15, 0.2) is 0 Å². The molecule has 0 radical (unpaired) electrons. The second-order valence-corrected chi connectivity index (χ2v) is 4.82. The zero-order valence-electron chi connectivity index (χ0n) is 10.3. The van der Waals surface area contributed by atoms with Crippen molar-refractivity contribution in [1.82, 2.24) is 4.90 Å². The first-order valence-electron chi connectivity index (χ1n) is 6.48. The minimum Gasteiger partial charge on any atom is -0.394 e. The summed E-state index contributed by atoms with van der Waals surface area (Å²) in [6, 6.07) is 7.94. The van der Waals surface area contributed by atoms with Crippen LogP contribution in [-0.2, 0) is 6.54 Å². The van der Waals surface area contributed by atoms with Crippen molar-refractivity contribution in [2.45, 2.75) is 31.8 Å². The van der Waals surface area contributed by atoms with Crippen LogP contribution in [0.2, 0.25) is 0 Å². The first-order valence-corrected chi connectivity index (χ1v) is 6.48. The molecule has 0 spiro atoms. The predicted octanol–water partition coefficient (Wildman–Crippen LogP) is 1.66. The first-order chi connectivity index (χ1) is 8.31. The van der Waals surface area contributed by atoms with Crippen molar-refractivity contribution in [3.63, 3.8) is 0 Å². The molecule has 1 aliphatic heterocycles. The predicted molar refractivity (Wildman–Crippen MR) is 69.6 cm³/mol. The fourth-order valence-electron chi connectivity index (χ4n) is 2.50. The maximum absolute atomic E-state index is 9.18. The molecule has 3 N–H and O–H groups in total. The number of aliphatic hydroxyl groups is 1. The molecule has 0 aliphatic carbocycles. The molecule has 3 nitrogen and oxygen atoms in total. The third-order valence-corrected chi connectivity index (χ3v) is 3.49. The van der Waals surface area contributed by atoms with Gasteiger partial charge in [-0.25, -0.2) is 0 Å². The van der Waals surface area contributed by atoms with Crippen molar-refractivity contribution in [2.75, 3.05) is 19.7 Å². The highest BCUT2D eigenvalue weighted by Crippen LogP contribution is 2.19. The smallest absolute Gasteiger partial charge is 0.0624 e. The van der Waals surface area contributed by atoms with E-state index in [0.717, 1.165) is 12.1 Å². The Morgan fingerprint density at radius 3 is 2.59 bits per heavy atom. The molecule has 2 rings (SSSR count). The Labute approximate surface area is 103 Å². The van der Waals surface area contributed by atoms with Crippen molar-refractivity contribution in [1.29, 1.82) is 0 Å². The summed E-state index contributed by atoms with van der Waals surface area (Å²) >= 11 is 0. The van der Waals surface area contributed by atoms with Crippen molar-refractivity contribution < 1.29 is 5.11 Å². The number of nitrogens with zero attached hydrogens (tertiary/aromatic N) is 1. The number of aliphatic hydroxyl groups excluding tert-OH is 1. The fraction of sp³-hybridized carbons (Fsp3) is 0.571. The Balaban J connectivity index is 2.08. The Morgan fingerprint density at radius 1 is 1.18 bits per heavy atom. The van der Waals surface area contributed by atoms with E-state index >= 15 is 0 Å². The lowest BCUT2D eigenvalue weighted by atomic mass is 10.00. The molecular formula is C14H22N2O. The summed E-state index contributed by atoms with van der Waals surface area (Å²) in [7, 11) is 0. The summed E-state index contributed by atoms with van der Waals surface area (Å²) in [6.07, 6.45) is 3.96. The van der Waals surface area contributed by atoms with Gasteiger partial charge in [-0.2, -0.15) is 0 Å². The summed E-state index contributed by atoms with van der Waals surface area (Å²) in [6.45, 7) is 3.34. The zero-order valence-corrected chi connectivity index (χ0v) is 10.3. The maximum Gasteiger partial charge on any atom is 0.0624 e. The van der Waals surface area contributed by atoms with Crippen molar-refractivity contribution >= 4 is 0 Å². The fourth-order valence-corrected chi connectivity index (χ4v) is 2.50. The monoisotopic (exact) mass is 234 g/mol. The summed E-state index contributed by atoms with van der Waals surface area (Å²) in [5.41, 5.74) is 8.28. The summed E-state index contributed by atoms with van der Waals surface area (Å²) in [4.78, 5) is 2.48. The van der Waals surface area contributed by atoms with E-state index in [0.29, 0.717) is 0 Å². The van der Waals surface area contributed by atoms with Crippen LogP contribution in [-0.4, -0.2) is 29.7 Å². The molecule has 0 aromatic heterocycles. The van der Waals surface area contributed by atoms with Gasteiger partial charge in [0, 0.05) is 6.54 Å². The third kappa shape index (κ3) is 3.28. The maximum atomic E-state index is 9.18. The van der Waals surface area contributed by atoms with Gasteiger partial charge in [0.25, 0.3) is 0 Å². The number of likely N-dealkylation sites (tertiary alicyclic amines) is 1. The minimum atomic E-state index is -0.254. The Bertz CT molecular complexity index is 348. The van der Waals surface area contributed by atoms with E-state index in [1.165, 1.54) is 37.9 Å². The SMILES string of the molecule is NC(CO)c1ccccc1CN1CCCCC1. The summed E-state index contributed by atoms with van der Waals surface area (Å²) < 4.78 is 0. The molecule has 94 valence electrons. The van der Waals surface area contributed by atoms with Gasteiger partial charge in [0.2, 0.25) is 0 Å². The van der Waals surface area contributed by atoms with Gasteiger partial charge in [-0.15, -0.1) is 0 Å². The molecule has 3 heteroatoms. The van der Waals surface area contributed by atoms with Crippen LogP contribution in [0, 0.1) is 0 Å². The molecule has 0 saturated carbocycles. The van der Waals surface area contributed by atoms with Gasteiger partial charge >= 0.3 is 0 Å². The topological polar surface area (TPSA) is 49.5 Å². The minimum absolute atomic E-state index is 0.0109. The van der Waals surface area contributed by atoms with E-state index in [1.807, 2.05) is 18.2 Å². The van der Waals surface area contributed by atoms with E-state index in [4.69, 9.17) is 5.73 Å². The van der Waals surface area contributed by atoms with Crippen LogP contribution in [0.25, 0.3) is 0 Å². The van der Waals surface area contributed by atoms with E-state index in [-0.39, 0.29) is 12.6 Å². The van der Waals surface area contributed by atoms with Crippen molar-refractivity contribution in [3.05, 3.63) is 35.4 Å². The van der Waals surface area contributed by atoms with Gasteiger partial charge in [0.05, 0.1) is 12.6 Å². The molecule has 1 heterocycles. The van der Waals surface area contributed by atoms with Crippen LogP contribution in [0.3, 0.4) is 0 Å². The number of piperidine rings is 1. The van der Waals surface area contributed by atoms with Crippen LogP contribution in [0.15, 0.2) is 24.3 Å². The van der Waals surface area contributed by atoms with E-state index in [2.05, 4.69) is 11.0 Å². The molecule has 0 amide bonds. The van der Waals surface area contributed by atoms with Gasteiger partial charge in [-0.05, 0) is 37.1 Å². The molecule has 1 aliphatic rings. The summed E-state index contributed by atoms with van der Waals surface area (Å²) in [5.74, 6) is 0. The molecule has 17 heavy (non-hydrogen) atoms. The lowest BCUT2D eigenvalue weighted by molar-refractivity contribution is 0.218. The number of hydrogen-bond acceptors (Lipinski definition) is 3. The largest absolute Gasteiger partial charge is 0.394 e. The van der Waals surface area contributed by atoms with Gasteiger partial charge < -0.3 is 10.8 Å². The van der Waals surface area contributed by atoms with Crippen molar-refractivity contribution in [3.8, 4) is 0 Å². The zero-order chi connectivity index (χ0) is 12.1. The number of rotatable bonds is 4. The number of nitrogens with two attached hydrogens (primary N) is 1. The normalized spacial score (nSPS) is 19.2. The van der Waals surface area contributed by atoms with Gasteiger partial charge in [-0.1, -0.05) is 30.7 Å². The molecule has 1 unspecified atom stereocenters. The molecule has 0 bridgehead atoms. The highest BCUT2D eigenvalue weighted by atomic mass is 16.3. The Morgan fingerprint density at radius 2 is 1.88 bits per heavy atom. The molecule has 1 fully saturated rings. The molecule has 1 atom stereocenters.